The minimum absolute atomic E-state index is 0.0105. The molecule has 1 atom stereocenters. The van der Waals surface area contributed by atoms with Crippen molar-refractivity contribution in [1.82, 2.24) is 14.5 Å². The van der Waals surface area contributed by atoms with Gasteiger partial charge in [0.1, 0.15) is 17.6 Å². The van der Waals surface area contributed by atoms with Crippen molar-refractivity contribution in [2.45, 2.75) is 25.5 Å². The molecule has 3 aromatic rings. The van der Waals surface area contributed by atoms with Crippen LogP contribution in [0.2, 0.25) is 0 Å². The summed E-state index contributed by atoms with van der Waals surface area (Å²) < 4.78 is 13.8. The summed E-state index contributed by atoms with van der Waals surface area (Å²) in [5.74, 6) is 1.82. The van der Waals surface area contributed by atoms with E-state index in [0.717, 1.165) is 69.2 Å². The molecule has 3 heterocycles. The SMILES string of the molecule is O=CN1CCN(c2ccc(OC(CCc3ccco3)Cn3ccnc3)cc2)CC1. The van der Waals surface area contributed by atoms with Gasteiger partial charge in [-0.25, -0.2) is 4.98 Å². The zero-order valence-electron chi connectivity index (χ0n) is 16.4. The Kier molecular flexibility index (Phi) is 6.14. The lowest BCUT2D eigenvalue weighted by atomic mass is 10.1. The highest BCUT2D eigenvalue weighted by molar-refractivity contribution is 5.52. The van der Waals surface area contributed by atoms with Crippen LogP contribution in [0, 0.1) is 0 Å². The molecule has 1 saturated heterocycles. The molecule has 2 aromatic heterocycles. The van der Waals surface area contributed by atoms with Crippen LogP contribution in [-0.2, 0) is 17.8 Å². The summed E-state index contributed by atoms with van der Waals surface area (Å²) in [6.07, 6.45) is 9.86. The number of carbonyl (C=O) groups is 1. The third kappa shape index (κ3) is 5.19. The third-order valence-corrected chi connectivity index (χ3v) is 5.23. The molecule has 0 spiro atoms. The zero-order chi connectivity index (χ0) is 19.9. The number of piperazine rings is 1. The molecule has 7 nitrogen and oxygen atoms in total. The van der Waals surface area contributed by atoms with E-state index in [2.05, 4.69) is 22.0 Å². The second kappa shape index (κ2) is 9.32. The van der Waals surface area contributed by atoms with E-state index >= 15 is 0 Å². The first-order chi connectivity index (χ1) is 14.3. The number of benzene rings is 1. The molecule has 152 valence electrons. The number of carbonyl (C=O) groups excluding carboxylic acids is 1. The highest BCUT2D eigenvalue weighted by Crippen LogP contribution is 2.23. The van der Waals surface area contributed by atoms with Gasteiger partial charge in [0.25, 0.3) is 0 Å². The summed E-state index contributed by atoms with van der Waals surface area (Å²) in [6, 6.07) is 12.1. The number of rotatable bonds is 9. The number of amides is 1. The molecule has 1 aromatic carbocycles. The van der Waals surface area contributed by atoms with E-state index < -0.39 is 0 Å². The third-order valence-electron chi connectivity index (χ3n) is 5.23. The summed E-state index contributed by atoms with van der Waals surface area (Å²) in [4.78, 5) is 19.1. The second-order valence-corrected chi connectivity index (χ2v) is 7.24. The minimum Gasteiger partial charge on any atom is -0.489 e. The van der Waals surface area contributed by atoms with Gasteiger partial charge in [-0.05, 0) is 42.8 Å². The van der Waals surface area contributed by atoms with Crippen LogP contribution in [0.1, 0.15) is 12.2 Å². The number of anilines is 1. The largest absolute Gasteiger partial charge is 0.489 e. The first-order valence-electron chi connectivity index (χ1n) is 9.99. The Balaban J connectivity index is 1.37. The molecule has 29 heavy (non-hydrogen) atoms. The summed E-state index contributed by atoms with van der Waals surface area (Å²) in [7, 11) is 0. The van der Waals surface area contributed by atoms with E-state index in [1.165, 1.54) is 0 Å². The molecule has 1 aliphatic rings. The average molecular weight is 394 g/mol. The van der Waals surface area contributed by atoms with E-state index in [9.17, 15) is 4.79 Å². The summed E-state index contributed by atoms with van der Waals surface area (Å²) >= 11 is 0. The number of hydrogen-bond acceptors (Lipinski definition) is 5. The maximum absolute atomic E-state index is 10.9. The van der Waals surface area contributed by atoms with Crippen molar-refractivity contribution in [3.63, 3.8) is 0 Å². The fraction of sp³-hybridized carbons (Fsp3) is 0.364. The fourth-order valence-corrected chi connectivity index (χ4v) is 3.59. The second-order valence-electron chi connectivity index (χ2n) is 7.24. The van der Waals surface area contributed by atoms with E-state index in [-0.39, 0.29) is 6.10 Å². The Morgan fingerprint density at radius 3 is 2.62 bits per heavy atom. The predicted molar refractivity (Wildman–Crippen MR) is 110 cm³/mol. The van der Waals surface area contributed by atoms with Gasteiger partial charge >= 0.3 is 0 Å². The zero-order valence-corrected chi connectivity index (χ0v) is 16.4. The van der Waals surface area contributed by atoms with Crippen molar-refractivity contribution in [3.8, 4) is 5.75 Å². The minimum atomic E-state index is 0.0105. The molecule has 4 rings (SSSR count). The summed E-state index contributed by atoms with van der Waals surface area (Å²) in [6.45, 7) is 3.97. The van der Waals surface area contributed by atoms with Crippen LogP contribution in [0.5, 0.6) is 5.75 Å². The number of aryl methyl sites for hydroxylation is 1. The first kappa shape index (κ1) is 19.1. The molecule has 1 unspecified atom stereocenters. The summed E-state index contributed by atoms with van der Waals surface area (Å²) in [5.41, 5.74) is 1.16. The van der Waals surface area contributed by atoms with Gasteiger partial charge in [0.15, 0.2) is 0 Å². The molecule has 0 aliphatic carbocycles. The Morgan fingerprint density at radius 2 is 1.97 bits per heavy atom. The molecule has 0 radical (unpaired) electrons. The maximum atomic E-state index is 10.9. The Hall–Kier alpha value is -3.22. The van der Waals surface area contributed by atoms with Crippen LogP contribution in [0.25, 0.3) is 0 Å². The van der Waals surface area contributed by atoms with Crippen molar-refractivity contribution >= 4 is 12.1 Å². The van der Waals surface area contributed by atoms with Gasteiger partial charge in [-0.2, -0.15) is 0 Å². The number of furan rings is 1. The first-order valence-corrected chi connectivity index (χ1v) is 9.99. The van der Waals surface area contributed by atoms with Gasteiger partial charge in [-0.3, -0.25) is 4.79 Å². The van der Waals surface area contributed by atoms with E-state index in [0.29, 0.717) is 0 Å². The molecule has 1 fully saturated rings. The standard InChI is InChI=1S/C22H26N4O3/c27-18-24-11-13-26(14-12-24)19-3-5-21(6-4-19)29-22(16-25-10-9-23-17-25)8-7-20-2-1-15-28-20/h1-6,9-10,15,17-18,22H,7-8,11-14,16H2. The van der Waals surface area contributed by atoms with Gasteiger partial charge in [-0.1, -0.05) is 0 Å². The molecule has 0 bridgehead atoms. The number of hydrogen-bond donors (Lipinski definition) is 0. The summed E-state index contributed by atoms with van der Waals surface area (Å²) in [5, 5.41) is 0. The molecule has 0 saturated carbocycles. The smallest absolute Gasteiger partial charge is 0.209 e. The molecular formula is C22H26N4O3. The molecule has 7 heteroatoms. The maximum Gasteiger partial charge on any atom is 0.209 e. The topological polar surface area (TPSA) is 63.7 Å². The molecule has 1 aliphatic heterocycles. The van der Waals surface area contributed by atoms with E-state index in [1.807, 2.05) is 46.3 Å². The lowest BCUT2D eigenvalue weighted by Crippen LogP contribution is -2.45. The van der Waals surface area contributed by atoms with Crippen LogP contribution in [0.3, 0.4) is 0 Å². The average Bonchev–Trinajstić information content (AvgIpc) is 3.47. The Bertz CT molecular complexity index is 854. The lowest BCUT2D eigenvalue weighted by molar-refractivity contribution is -0.118. The lowest BCUT2D eigenvalue weighted by Gasteiger charge is -2.34. The van der Waals surface area contributed by atoms with Gasteiger partial charge in [-0.15, -0.1) is 0 Å². The van der Waals surface area contributed by atoms with E-state index in [1.54, 1.807) is 12.5 Å². The normalized spacial score (nSPS) is 15.3. The quantitative estimate of drug-likeness (QED) is 0.522. The van der Waals surface area contributed by atoms with Crippen LogP contribution in [0.4, 0.5) is 5.69 Å². The van der Waals surface area contributed by atoms with Gasteiger partial charge in [0, 0.05) is 50.7 Å². The van der Waals surface area contributed by atoms with Gasteiger partial charge in [0.05, 0.1) is 19.1 Å². The number of imidazole rings is 1. The number of aromatic nitrogens is 2. The predicted octanol–water partition coefficient (Wildman–Crippen LogP) is 2.83. The van der Waals surface area contributed by atoms with Crippen LogP contribution < -0.4 is 9.64 Å². The number of nitrogens with zero attached hydrogens (tertiary/aromatic N) is 4. The van der Waals surface area contributed by atoms with Crippen molar-refractivity contribution in [2.75, 3.05) is 31.1 Å². The van der Waals surface area contributed by atoms with Crippen LogP contribution >= 0.6 is 0 Å². The van der Waals surface area contributed by atoms with E-state index in [4.69, 9.17) is 9.15 Å². The van der Waals surface area contributed by atoms with Crippen molar-refractivity contribution in [2.24, 2.45) is 0 Å². The monoisotopic (exact) mass is 394 g/mol. The van der Waals surface area contributed by atoms with Crippen molar-refractivity contribution < 1.29 is 13.9 Å². The highest BCUT2D eigenvalue weighted by atomic mass is 16.5. The van der Waals surface area contributed by atoms with Crippen LogP contribution in [-0.4, -0.2) is 53.1 Å². The highest BCUT2D eigenvalue weighted by Gasteiger charge is 2.17. The van der Waals surface area contributed by atoms with Crippen molar-refractivity contribution in [3.05, 3.63) is 67.1 Å². The fourth-order valence-electron chi connectivity index (χ4n) is 3.59. The van der Waals surface area contributed by atoms with Crippen molar-refractivity contribution in [1.29, 1.82) is 0 Å². The Labute approximate surface area is 170 Å². The molecular weight excluding hydrogens is 368 g/mol. The number of ether oxygens (including phenoxy) is 1. The van der Waals surface area contributed by atoms with Crippen LogP contribution in [0.15, 0.2) is 65.8 Å². The molecule has 0 N–H and O–H groups in total. The Morgan fingerprint density at radius 1 is 1.14 bits per heavy atom. The molecule has 1 amide bonds. The van der Waals surface area contributed by atoms with Gasteiger partial charge in [0.2, 0.25) is 6.41 Å². The van der Waals surface area contributed by atoms with Gasteiger partial charge < -0.3 is 23.5 Å².